The molecule has 1 fully saturated rings. The standard InChI is InChI=1S/C10H14N3O/c11-10(8-13-5-2-6-14-10)9-3-1-4-12-7-9/h1,3-4,13H,2,5-6,8,11H2. The molecule has 0 bridgehead atoms. The summed E-state index contributed by atoms with van der Waals surface area (Å²) >= 11 is 0. The molecule has 3 N–H and O–H groups in total. The third kappa shape index (κ3) is 1.92. The van der Waals surface area contributed by atoms with Crippen molar-refractivity contribution in [2.45, 2.75) is 12.1 Å². The van der Waals surface area contributed by atoms with E-state index < -0.39 is 5.72 Å². The fraction of sp³-hybridized carbons (Fsp3) is 0.500. The first kappa shape index (κ1) is 9.58. The van der Waals surface area contributed by atoms with Gasteiger partial charge < -0.3 is 10.1 Å². The van der Waals surface area contributed by atoms with Crippen LogP contribution < -0.4 is 11.1 Å². The van der Waals surface area contributed by atoms with Gasteiger partial charge in [-0.05, 0) is 19.0 Å². The summed E-state index contributed by atoms with van der Waals surface area (Å²) in [6, 6.07) is 3.73. The number of pyridine rings is 1. The number of aromatic nitrogens is 1. The van der Waals surface area contributed by atoms with E-state index in [2.05, 4.69) is 16.5 Å². The first-order valence-electron chi connectivity index (χ1n) is 4.78. The first-order chi connectivity index (χ1) is 6.81. The molecule has 0 spiro atoms. The Balaban J connectivity index is 2.21. The summed E-state index contributed by atoms with van der Waals surface area (Å²) in [4.78, 5) is 3.92. The van der Waals surface area contributed by atoms with Gasteiger partial charge in [0.15, 0.2) is 5.72 Å². The zero-order chi connectivity index (χ0) is 9.86. The average molecular weight is 192 g/mol. The normalized spacial score (nSPS) is 28.4. The molecule has 0 aliphatic carbocycles. The molecular weight excluding hydrogens is 178 g/mol. The van der Waals surface area contributed by atoms with Gasteiger partial charge in [-0.3, -0.25) is 10.7 Å². The molecule has 1 aliphatic heterocycles. The number of ether oxygens (including phenoxy) is 1. The number of nitrogens with one attached hydrogen (secondary N) is 1. The number of hydrogen-bond acceptors (Lipinski definition) is 4. The molecule has 1 aromatic rings. The molecule has 1 saturated heterocycles. The summed E-state index contributed by atoms with van der Waals surface area (Å²) in [5.41, 5.74) is 6.15. The van der Waals surface area contributed by atoms with Gasteiger partial charge in [0.2, 0.25) is 0 Å². The summed E-state index contributed by atoms with van der Waals surface area (Å²) in [6.45, 7) is 2.22. The van der Waals surface area contributed by atoms with Crippen LogP contribution in [0.3, 0.4) is 0 Å². The molecule has 4 heteroatoms. The van der Waals surface area contributed by atoms with Gasteiger partial charge >= 0.3 is 0 Å². The van der Waals surface area contributed by atoms with Crippen molar-refractivity contribution in [2.75, 3.05) is 19.7 Å². The lowest BCUT2D eigenvalue weighted by Crippen LogP contribution is -2.46. The number of hydrogen-bond donors (Lipinski definition) is 2. The highest BCUT2D eigenvalue weighted by Gasteiger charge is 2.29. The van der Waals surface area contributed by atoms with Crippen LogP contribution in [0.25, 0.3) is 0 Å². The van der Waals surface area contributed by atoms with Crippen LogP contribution in [0.2, 0.25) is 0 Å². The molecule has 0 amide bonds. The Morgan fingerprint density at radius 1 is 1.64 bits per heavy atom. The van der Waals surface area contributed by atoms with E-state index in [9.17, 15) is 0 Å². The van der Waals surface area contributed by atoms with E-state index in [1.165, 1.54) is 0 Å². The van der Waals surface area contributed by atoms with Gasteiger partial charge in [-0.25, -0.2) is 0 Å². The zero-order valence-electron chi connectivity index (χ0n) is 7.99. The maximum Gasteiger partial charge on any atom is 0.157 e. The van der Waals surface area contributed by atoms with E-state index in [0.29, 0.717) is 13.2 Å². The largest absolute Gasteiger partial charge is 0.355 e. The van der Waals surface area contributed by atoms with Crippen LogP contribution in [0.4, 0.5) is 0 Å². The van der Waals surface area contributed by atoms with Crippen LogP contribution in [0.5, 0.6) is 0 Å². The molecule has 1 aliphatic rings. The molecule has 14 heavy (non-hydrogen) atoms. The Morgan fingerprint density at radius 3 is 3.36 bits per heavy atom. The SMILES string of the molecule is NC1(c2[c]nccc2)CNCCCO1. The lowest BCUT2D eigenvalue weighted by Gasteiger charge is -2.27. The van der Waals surface area contributed by atoms with E-state index in [0.717, 1.165) is 18.5 Å². The first-order valence-corrected chi connectivity index (χ1v) is 4.78. The molecule has 1 radical (unpaired) electrons. The van der Waals surface area contributed by atoms with Gasteiger partial charge in [0.25, 0.3) is 0 Å². The quantitative estimate of drug-likeness (QED) is 0.657. The number of nitrogens with zero attached hydrogens (tertiary/aromatic N) is 1. The summed E-state index contributed by atoms with van der Waals surface area (Å²) in [5, 5.41) is 3.24. The Bertz CT molecular complexity index is 281. The second-order valence-electron chi connectivity index (χ2n) is 3.43. The minimum Gasteiger partial charge on any atom is -0.355 e. The van der Waals surface area contributed by atoms with E-state index in [-0.39, 0.29) is 0 Å². The number of nitrogens with two attached hydrogens (primary N) is 1. The lowest BCUT2D eigenvalue weighted by molar-refractivity contribution is -0.0338. The van der Waals surface area contributed by atoms with Crippen molar-refractivity contribution >= 4 is 0 Å². The molecule has 1 unspecified atom stereocenters. The van der Waals surface area contributed by atoms with Gasteiger partial charge in [-0.1, -0.05) is 6.07 Å². The summed E-state index contributed by atoms with van der Waals surface area (Å²) in [6.07, 6.45) is 5.53. The molecule has 4 nitrogen and oxygen atoms in total. The van der Waals surface area contributed by atoms with Crippen molar-refractivity contribution in [2.24, 2.45) is 5.73 Å². The van der Waals surface area contributed by atoms with Gasteiger partial charge in [-0.2, -0.15) is 0 Å². The van der Waals surface area contributed by atoms with Crippen molar-refractivity contribution in [1.29, 1.82) is 0 Å². The monoisotopic (exact) mass is 192 g/mol. The highest BCUT2D eigenvalue weighted by molar-refractivity contribution is 5.16. The Labute approximate surface area is 83.5 Å². The summed E-state index contributed by atoms with van der Waals surface area (Å²) < 4.78 is 5.62. The minimum absolute atomic E-state index is 0.606. The maximum absolute atomic E-state index is 6.12. The minimum atomic E-state index is -0.773. The molecule has 0 aromatic carbocycles. The lowest BCUT2D eigenvalue weighted by atomic mass is 10.1. The molecule has 1 aromatic heterocycles. The van der Waals surface area contributed by atoms with Crippen molar-refractivity contribution in [1.82, 2.24) is 10.3 Å². The molecule has 75 valence electrons. The fourth-order valence-electron chi connectivity index (χ4n) is 1.51. The predicted molar refractivity (Wildman–Crippen MR) is 52.4 cm³/mol. The third-order valence-electron chi connectivity index (χ3n) is 2.31. The van der Waals surface area contributed by atoms with Crippen LogP contribution in [0, 0.1) is 6.20 Å². The van der Waals surface area contributed by atoms with E-state index in [4.69, 9.17) is 10.5 Å². The van der Waals surface area contributed by atoms with Gasteiger partial charge in [0, 0.05) is 18.3 Å². The third-order valence-corrected chi connectivity index (χ3v) is 2.31. The highest BCUT2D eigenvalue weighted by Crippen LogP contribution is 2.19. The van der Waals surface area contributed by atoms with E-state index >= 15 is 0 Å². The summed E-state index contributed by atoms with van der Waals surface area (Å²) in [7, 11) is 0. The zero-order valence-corrected chi connectivity index (χ0v) is 7.99. The average Bonchev–Trinajstić information content (AvgIpc) is 2.46. The Morgan fingerprint density at radius 2 is 2.57 bits per heavy atom. The van der Waals surface area contributed by atoms with Crippen molar-refractivity contribution in [3.63, 3.8) is 0 Å². The maximum atomic E-state index is 6.12. The van der Waals surface area contributed by atoms with Crippen molar-refractivity contribution in [3.05, 3.63) is 30.1 Å². The second kappa shape index (κ2) is 4.04. The molecule has 2 rings (SSSR count). The Kier molecular flexibility index (Phi) is 2.77. The smallest absolute Gasteiger partial charge is 0.157 e. The van der Waals surface area contributed by atoms with Gasteiger partial charge in [0.1, 0.15) is 0 Å². The number of rotatable bonds is 1. The topological polar surface area (TPSA) is 60.2 Å². The second-order valence-corrected chi connectivity index (χ2v) is 3.43. The van der Waals surface area contributed by atoms with Crippen molar-refractivity contribution < 1.29 is 4.74 Å². The van der Waals surface area contributed by atoms with Crippen LogP contribution in [0.15, 0.2) is 18.3 Å². The van der Waals surface area contributed by atoms with Crippen LogP contribution in [-0.4, -0.2) is 24.7 Å². The van der Waals surface area contributed by atoms with Gasteiger partial charge in [0.05, 0.1) is 12.8 Å². The molecule has 2 heterocycles. The van der Waals surface area contributed by atoms with Crippen molar-refractivity contribution in [3.8, 4) is 0 Å². The molecule has 0 saturated carbocycles. The van der Waals surface area contributed by atoms with E-state index in [1.54, 1.807) is 6.20 Å². The van der Waals surface area contributed by atoms with Crippen LogP contribution in [-0.2, 0) is 10.5 Å². The molecule has 1 atom stereocenters. The Hall–Kier alpha value is -0.970. The summed E-state index contributed by atoms with van der Waals surface area (Å²) in [5.74, 6) is 0. The predicted octanol–water partition coefficient (Wildman–Crippen LogP) is 0.00319. The van der Waals surface area contributed by atoms with Crippen LogP contribution >= 0.6 is 0 Å². The molecular formula is C10H14N3O. The van der Waals surface area contributed by atoms with E-state index in [1.807, 2.05) is 12.1 Å². The van der Waals surface area contributed by atoms with Crippen LogP contribution in [0.1, 0.15) is 12.0 Å². The highest BCUT2D eigenvalue weighted by atomic mass is 16.5. The van der Waals surface area contributed by atoms with Gasteiger partial charge in [-0.15, -0.1) is 0 Å². The fourth-order valence-corrected chi connectivity index (χ4v) is 1.51.